The molecule has 3 saturated heterocycles. The van der Waals surface area contributed by atoms with E-state index in [0.717, 1.165) is 19.4 Å². The second-order valence-corrected chi connectivity index (χ2v) is 6.65. The van der Waals surface area contributed by atoms with Gasteiger partial charge in [0.1, 0.15) is 0 Å². The van der Waals surface area contributed by atoms with Crippen molar-refractivity contribution in [3.8, 4) is 0 Å². The Balaban J connectivity index is 1.68. The van der Waals surface area contributed by atoms with Gasteiger partial charge >= 0.3 is 0 Å². The number of nitrogens with zero attached hydrogens (tertiary/aromatic N) is 2. The molecule has 3 heterocycles. The number of fused-ring (bicyclic) bond motifs is 1. The maximum atomic E-state index is 12.7. The van der Waals surface area contributed by atoms with Gasteiger partial charge in [0.15, 0.2) is 0 Å². The summed E-state index contributed by atoms with van der Waals surface area (Å²) >= 11 is 0. The summed E-state index contributed by atoms with van der Waals surface area (Å²) in [4.78, 5) is 17.5. The SMILES string of the molecule is CC(C)NC1CCCN(C2CCN3CCCC23)C1=O. The van der Waals surface area contributed by atoms with Crippen LogP contribution in [-0.2, 0) is 4.79 Å². The molecule has 0 saturated carbocycles. The second-order valence-electron chi connectivity index (χ2n) is 6.65. The quantitative estimate of drug-likeness (QED) is 0.833. The molecule has 3 aliphatic rings. The topological polar surface area (TPSA) is 35.6 Å². The lowest BCUT2D eigenvalue weighted by Crippen LogP contribution is -2.57. The normalized spacial score (nSPS) is 36.3. The zero-order chi connectivity index (χ0) is 13.4. The number of rotatable bonds is 3. The first-order valence-electron chi connectivity index (χ1n) is 7.97. The molecule has 0 aliphatic carbocycles. The van der Waals surface area contributed by atoms with Crippen molar-refractivity contribution in [2.75, 3.05) is 19.6 Å². The van der Waals surface area contributed by atoms with Crippen LogP contribution < -0.4 is 5.32 Å². The summed E-state index contributed by atoms with van der Waals surface area (Å²) in [5.74, 6) is 0.360. The summed E-state index contributed by atoms with van der Waals surface area (Å²) in [5, 5.41) is 3.44. The van der Waals surface area contributed by atoms with E-state index in [9.17, 15) is 4.79 Å². The molecule has 19 heavy (non-hydrogen) atoms. The molecule has 1 N–H and O–H groups in total. The molecule has 4 heteroatoms. The van der Waals surface area contributed by atoms with Crippen molar-refractivity contribution >= 4 is 5.91 Å². The van der Waals surface area contributed by atoms with E-state index in [2.05, 4.69) is 29.0 Å². The van der Waals surface area contributed by atoms with E-state index in [0.29, 0.717) is 24.0 Å². The number of piperidine rings is 1. The Hall–Kier alpha value is -0.610. The van der Waals surface area contributed by atoms with E-state index in [1.165, 1.54) is 32.4 Å². The summed E-state index contributed by atoms with van der Waals surface area (Å²) in [6, 6.07) is 1.60. The third-order valence-corrected chi connectivity index (χ3v) is 4.98. The molecule has 0 spiro atoms. The predicted octanol–water partition coefficient (Wildman–Crippen LogP) is 1.21. The first-order chi connectivity index (χ1) is 9.16. The van der Waals surface area contributed by atoms with Crippen LogP contribution in [-0.4, -0.2) is 59.5 Å². The van der Waals surface area contributed by atoms with E-state index in [4.69, 9.17) is 0 Å². The molecule has 4 nitrogen and oxygen atoms in total. The van der Waals surface area contributed by atoms with Gasteiger partial charge in [0.25, 0.3) is 0 Å². The largest absolute Gasteiger partial charge is 0.337 e. The van der Waals surface area contributed by atoms with Gasteiger partial charge in [0.2, 0.25) is 5.91 Å². The summed E-state index contributed by atoms with van der Waals surface area (Å²) in [5.41, 5.74) is 0. The van der Waals surface area contributed by atoms with Crippen molar-refractivity contribution in [1.82, 2.24) is 15.1 Å². The highest BCUT2D eigenvalue weighted by Gasteiger charge is 2.43. The van der Waals surface area contributed by atoms with Gasteiger partial charge in [-0.3, -0.25) is 9.69 Å². The molecule has 0 radical (unpaired) electrons. The summed E-state index contributed by atoms with van der Waals surface area (Å²) < 4.78 is 0. The van der Waals surface area contributed by atoms with Crippen LogP contribution >= 0.6 is 0 Å². The molecule has 0 aromatic heterocycles. The van der Waals surface area contributed by atoms with Crippen LogP contribution in [0.4, 0.5) is 0 Å². The van der Waals surface area contributed by atoms with Gasteiger partial charge in [-0.2, -0.15) is 0 Å². The van der Waals surface area contributed by atoms with Gasteiger partial charge in [-0.25, -0.2) is 0 Å². The fourth-order valence-electron chi connectivity index (χ4n) is 4.21. The first-order valence-corrected chi connectivity index (χ1v) is 7.97. The fraction of sp³-hybridized carbons (Fsp3) is 0.933. The van der Waals surface area contributed by atoms with Gasteiger partial charge in [0, 0.05) is 31.2 Å². The van der Waals surface area contributed by atoms with Gasteiger partial charge < -0.3 is 10.2 Å². The molecule has 3 aliphatic heterocycles. The zero-order valence-electron chi connectivity index (χ0n) is 12.3. The van der Waals surface area contributed by atoms with E-state index < -0.39 is 0 Å². The minimum absolute atomic E-state index is 0.0594. The minimum Gasteiger partial charge on any atom is -0.337 e. The van der Waals surface area contributed by atoms with E-state index in [-0.39, 0.29) is 6.04 Å². The Kier molecular flexibility index (Phi) is 3.81. The van der Waals surface area contributed by atoms with E-state index >= 15 is 0 Å². The van der Waals surface area contributed by atoms with Gasteiger partial charge in [-0.1, -0.05) is 13.8 Å². The van der Waals surface area contributed by atoms with Crippen LogP contribution in [0.1, 0.15) is 46.0 Å². The Morgan fingerprint density at radius 2 is 1.84 bits per heavy atom. The zero-order valence-corrected chi connectivity index (χ0v) is 12.3. The van der Waals surface area contributed by atoms with Crippen LogP contribution in [0.5, 0.6) is 0 Å². The van der Waals surface area contributed by atoms with Gasteiger partial charge in [-0.15, -0.1) is 0 Å². The maximum Gasteiger partial charge on any atom is 0.240 e. The Morgan fingerprint density at radius 3 is 2.63 bits per heavy atom. The second kappa shape index (κ2) is 5.41. The van der Waals surface area contributed by atoms with Crippen molar-refractivity contribution in [1.29, 1.82) is 0 Å². The van der Waals surface area contributed by atoms with Crippen LogP contribution in [0.2, 0.25) is 0 Å². The molecule has 3 fully saturated rings. The lowest BCUT2D eigenvalue weighted by Gasteiger charge is -2.39. The third kappa shape index (κ3) is 2.52. The number of carbonyl (C=O) groups excluding carboxylic acids is 1. The highest BCUT2D eigenvalue weighted by molar-refractivity contribution is 5.83. The minimum atomic E-state index is 0.0594. The number of hydrogen-bond acceptors (Lipinski definition) is 3. The fourth-order valence-corrected chi connectivity index (χ4v) is 4.21. The van der Waals surface area contributed by atoms with Crippen molar-refractivity contribution in [2.24, 2.45) is 0 Å². The smallest absolute Gasteiger partial charge is 0.240 e. The van der Waals surface area contributed by atoms with Crippen molar-refractivity contribution in [3.63, 3.8) is 0 Å². The molecule has 1 amide bonds. The van der Waals surface area contributed by atoms with Crippen LogP contribution in [0, 0.1) is 0 Å². The molecule has 0 aromatic carbocycles. The van der Waals surface area contributed by atoms with Crippen LogP contribution in [0.25, 0.3) is 0 Å². The molecule has 0 bridgehead atoms. The lowest BCUT2D eigenvalue weighted by molar-refractivity contribution is -0.139. The molecular formula is C15H27N3O. The maximum absolute atomic E-state index is 12.7. The summed E-state index contributed by atoms with van der Waals surface area (Å²) in [6.45, 7) is 7.67. The standard InChI is InChI=1S/C15H27N3O/c1-11(2)16-12-5-3-9-18(15(12)19)14-7-10-17-8-4-6-13(14)17/h11-14,16H,3-10H2,1-2H3. The average Bonchev–Trinajstić information content (AvgIpc) is 2.94. The summed E-state index contributed by atoms with van der Waals surface area (Å²) in [7, 11) is 0. The first kappa shape index (κ1) is 13.4. The van der Waals surface area contributed by atoms with Crippen LogP contribution in [0.15, 0.2) is 0 Å². The predicted molar refractivity (Wildman–Crippen MR) is 76.0 cm³/mol. The van der Waals surface area contributed by atoms with Gasteiger partial charge in [0.05, 0.1) is 6.04 Å². The molecule has 3 atom stereocenters. The van der Waals surface area contributed by atoms with E-state index in [1.54, 1.807) is 0 Å². The summed E-state index contributed by atoms with van der Waals surface area (Å²) in [6.07, 6.45) is 5.95. The number of amides is 1. The number of nitrogens with one attached hydrogen (secondary N) is 1. The van der Waals surface area contributed by atoms with Crippen LogP contribution in [0.3, 0.4) is 0 Å². The molecule has 108 valence electrons. The molecule has 3 unspecified atom stereocenters. The molecule has 0 aromatic rings. The van der Waals surface area contributed by atoms with Gasteiger partial charge in [-0.05, 0) is 38.6 Å². The Morgan fingerprint density at radius 1 is 1.05 bits per heavy atom. The lowest BCUT2D eigenvalue weighted by atomic mass is 9.97. The van der Waals surface area contributed by atoms with Crippen molar-refractivity contribution in [2.45, 2.75) is 70.1 Å². The highest BCUT2D eigenvalue weighted by atomic mass is 16.2. The van der Waals surface area contributed by atoms with Crippen molar-refractivity contribution < 1.29 is 4.79 Å². The number of likely N-dealkylation sites (tertiary alicyclic amines) is 1. The molecule has 3 rings (SSSR count). The highest BCUT2D eigenvalue weighted by Crippen LogP contribution is 2.33. The number of hydrogen-bond donors (Lipinski definition) is 1. The Bertz CT molecular complexity index is 344. The third-order valence-electron chi connectivity index (χ3n) is 4.98. The van der Waals surface area contributed by atoms with Crippen molar-refractivity contribution in [3.05, 3.63) is 0 Å². The number of carbonyl (C=O) groups is 1. The van der Waals surface area contributed by atoms with E-state index in [1.807, 2.05) is 0 Å². The monoisotopic (exact) mass is 265 g/mol. The average molecular weight is 265 g/mol. The Labute approximate surface area is 116 Å². The molecular weight excluding hydrogens is 238 g/mol.